The number of ether oxygens (including phenoxy) is 1. The van der Waals surface area contributed by atoms with Crippen LogP contribution in [0, 0.1) is 0 Å². The number of carbonyl (C=O) groups is 1. The van der Waals surface area contributed by atoms with Crippen LogP contribution in [0.15, 0.2) is 10.7 Å². The summed E-state index contributed by atoms with van der Waals surface area (Å²) >= 11 is 3.40. The number of halogens is 1. The van der Waals surface area contributed by atoms with Crippen LogP contribution in [-0.2, 0) is 16.0 Å². The highest BCUT2D eigenvalue weighted by molar-refractivity contribution is 9.10. The van der Waals surface area contributed by atoms with Gasteiger partial charge in [0.1, 0.15) is 6.04 Å². The Bertz CT molecular complexity index is 349. The number of hydrogen-bond donors (Lipinski definition) is 0. The monoisotopic (exact) mass is 274 g/mol. The largest absolute Gasteiger partial charge is 0.464 e. The molecule has 0 amide bonds. The molecule has 15 heavy (non-hydrogen) atoms. The molecule has 4 nitrogen and oxygen atoms in total. The molecule has 5 heteroatoms. The van der Waals surface area contributed by atoms with E-state index in [2.05, 4.69) is 21.0 Å². The van der Waals surface area contributed by atoms with Gasteiger partial charge in [-0.3, -0.25) is 4.68 Å². The fraction of sp³-hybridized carbons (Fsp3) is 0.600. The van der Waals surface area contributed by atoms with Crippen molar-refractivity contribution in [2.75, 3.05) is 6.61 Å². The fourth-order valence-corrected chi connectivity index (χ4v) is 1.78. The number of carbonyl (C=O) groups excluding carboxylic acids is 1. The average Bonchev–Trinajstić information content (AvgIpc) is 2.59. The van der Waals surface area contributed by atoms with Crippen molar-refractivity contribution in [2.45, 2.75) is 33.2 Å². The molecule has 1 atom stereocenters. The Hall–Kier alpha value is -0.840. The highest BCUT2D eigenvalue weighted by Gasteiger charge is 2.18. The molecule has 0 spiro atoms. The normalized spacial score (nSPS) is 12.5. The van der Waals surface area contributed by atoms with Gasteiger partial charge in [-0.2, -0.15) is 5.10 Å². The van der Waals surface area contributed by atoms with E-state index in [9.17, 15) is 4.79 Å². The second-order valence-electron chi connectivity index (χ2n) is 3.19. The lowest BCUT2D eigenvalue weighted by Gasteiger charge is -2.10. The minimum absolute atomic E-state index is 0.254. The van der Waals surface area contributed by atoms with Crippen LogP contribution in [0.1, 0.15) is 32.5 Å². The molecule has 1 rings (SSSR count). The quantitative estimate of drug-likeness (QED) is 0.792. The first-order valence-electron chi connectivity index (χ1n) is 5.00. The van der Waals surface area contributed by atoms with Crippen molar-refractivity contribution in [3.63, 3.8) is 0 Å². The molecule has 0 radical (unpaired) electrons. The summed E-state index contributed by atoms with van der Waals surface area (Å²) in [7, 11) is 0. The van der Waals surface area contributed by atoms with E-state index < -0.39 is 0 Å². The van der Waals surface area contributed by atoms with Crippen molar-refractivity contribution in [2.24, 2.45) is 0 Å². The van der Waals surface area contributed by atoms with E-state index in [1.54, 1.807) is 24.7 Å². The Kier molecular flexibility index (Phi) is 4.32. The fourth-order valence-electron chi connectivity index (χ4n) is 1.22. The maximum absolute atomic E-state index is 11.5. The molecule has 1 aromatic rings. The third-order valence-electron chi connectivity index (χ3n) is 2.12. The zero-order chi connectivity index (χ0) is 11.4. The number of nitrogens with zero attached hydrogens (tertiary/aromatic N) is 2. The van der Waals surface area contributed by atoms with Crippen LogP contribution >= 0.6 is 15.9 Å². The number of rotatable bonds is 4. The summed E-state index contributed by atoms with van der Waals surface area (Å²) in [6, 6.07) is -0.374. The Morgan fingerprint density at radius 3 is 2.80 bits per heavy atom. The lowest BCUT2D eigenvalue weighted by Crippen LogP contribution is -2.19. The Balaban J connectivity index is 2.81. The molecule has 1 unspecified atom stereocenters. The van der Waals surface area contributed by atoms with Crippen molar-refractivity contribution in [1.82, 2.24) is 9.78 Å². The molecule has 0 aromatic carbocycles. The van der Waals surface area contributed by atoms with Gasteiger partial charge in [-0.15, -0.1) is 0 Å². The molecule has 84 valence electrons. The Labute approximate surface area is 97.7 Å². The van der Waals surface area contributed by atoms with E-state index >= 15 is 0 Å². The SMILES string of the molecule is CCOC(=O)C(C)n1cc(Br)c(CC)n1. The Morgan fingerprint density at radius 2 is 2.33 bits per heavy atom. The van der Waals surface area contributed by atoms with Crippen molar-refractivity contribution in [1.29, 1.82) is 0 Å². The summed E-state index contributed by atoms with van der Waals surface area (Å²) in [5.74, 6) is -0.254. The first-order valence-corrected chi connectivity index (χ1v) is 5.79. The van der Waals surface area contributed by atoms with Crippen molar-refractivity contribution >= 4 is 21.9 Å². The predicted molar refractivity (Wildman–Crippen MR) is 60.6 cm³/mol. The molecule has 0 N–H and O–H groups in total. The lowest BCUT2D eigenvalue weighted by atomic mass is 10.3. The van der Waals surface area contributed by atoms with Crippen molar-refractivity contribution < 1.29 is 9.53 Å². The van der Waals surface area contributed by atoms with Crippen molar-refractivity contribution in [3.8, 4) is 0 Å². The molecule has 0 aliphatic heterocycles. The number of aromatic nitrogens is 2. The molecule has 0 saturated heterocycles. The second kappa shape index (κ2) is 5.30. The maximum Gasteiger partial charge on any atom is 0.330 e. The van der Waals surface area contributed by atoms with Crippen LogP contribution < -0.4 is 0 Å². The second-order valence-corrected chi connectivity index (χ2v) is 4.04. The van der Waals surface area contributed by atoms with Gasteiger partial charge < -0.3 is 4.74 Å². The van der Waals surface area contributed by atoms with Gasteiger partial charge in [0.25, 0.3) is 0 Å². The van der Waals surface area contributed by atoms with E-state index in [1.807, 2.05) is 6.92 Å². The van der Waals surface area contributed by atoms with Gasteiger partial charge in [-0.1, -0.05) is 6.92 Å². The minimum atomic E-state index is -0.374. The van der Waals surface area contributed by atoms with Crippen LogP contribution in [0.25, 0.3) is 0 Å². The average molecular weight is 275 g/mol. The molecule has 0 aliphatic rings. The molecule has 0 saturated carbocycles. The van der Waals surface area contributed by atoms with Gasteiger partial charge in [0, 0.05) is 6.20 Å². The number of esters is 1. The highest BCUT2D eigenvalue weighted by atomic mass is 79.9. The van der Waals surface area contributed by atoms with Gasteiger partial charge in [0.2, 0.25) is 0 Å². The van der Waals surface area contributed by atoms with Crippen molar-refractivity contribution in [3.05, 3.63) is 16.4 Å². The Morgan fingerprint density at radius 1 is 1.67 bits per heavy atom. The first kappa shape index (κ1) is 12.2. The number of hydrogen-bond acceptors (Lipinski definition) is 3. The first-order chi connectivity index (χ1) is 7.10. The molecule has 0 bridgehead atoms. The van der Waals surface area contributed by atoms with Crippen LogP contribution in [0.4, 0.5) is 0 Å². The summed E-state index contributed by atoms with van der Waals surface area (Å²) in [5.41, 5.74) is 0.950. The summed E-state index contributed by atoms with van der Waals surface area (Å²) in [6.07, 6.45) is 2.64. The van der Waals surface area contributed by atoms with Gasteiger partial charge >= 0.3 is 5.97 Å². The van der Waals surface area contributed by atoms with Gasteiger partial charge in [0.05, 0.1) is 16.8 Å². The highest BCUT2D eigenvalue weighted by Crippen LogP contribution is 2.18. The third kappa shape index (κ3) is 2.81. The molecular formula is C10H15BrN2O2. The van der Waals surface area contributed by atoms with Crippen LogP contribution in [0.5, 0.6) is 0 Å². The van der Waals surface area contributed by atoms with Crippen LogP contribution in [0.3, 0.4) is 0 Å². The smallest absolute Gasteiger partial charge is 0.330 e. The summed E-state index contributed by atoms with van der Waals surface area (Å²) in [4.78, 5) is 11.5. The van der Waals surface area contributed by atoms with E-state index in [1.165, 1.54) is 0 Å². The predicted octanol–water partition coefficient (Wildman–Crippen LogP) is 2.33. The zero-order valence-corrected chi connectivity index (χ0v) is 10.7. The van der Waals surface area contributed by atoms with E-state index in [0.29, 0.717) is 6.61 Å². The standard InChI is InChI=1S/C10H15BrN2O2/c1-4-9-8(11)6-13(12-9)7(3)10(14)15-5-2/h6-7H,4-5H2,1-3H3. The van der Waals surface area contributed by atoms with E-state index in [4.69, 9.17) is 4.74 Å². The topological polar surface area (TPSA) is 44.1 Å². The lowest BCUT2D eigenvalue weighted by molar-refractivity contribution is -0.146. The maximum atomic E-state index is 11.5. The molecule has 0 fully saturated rings. The molecule has 0 aliphatic carbocycles. The molecule has 1 aromatic heterocycles. The van der Waals surface area contributed by atoms with Gasteiger partial charge in [-0.05, 0) is 36.2 Å². The molecular weight excluding hydrogens is 260 g/mol. The summed E-state index contributed by atoms with van der Waals surface area (Å²) in [6.45, 7) is 5.98. The minimum Gasteiger partial charge on any atom is -0.464 e. The molecule has 1 heterocycles. The van der Waals surface area contributed by atoms with E-state index in [0.717, 1.165) is 16.6 Å². The van der Waals surface area contributed by atoms with E-state index in [-0.39, 0.29) is 12.0 Å². The van der Waals surface area contributed by atoms with Gasteiger partial charge in [0.15, 0.2) is 0 Å². The number of aryl methyl sites for hydroxylation is 1. The van der Waals surface area contributed by atoms with Crippen LogP contribution in [0.2, 0.25) is 0 Å². The zero-order valence-electron chi connectivity index (χ0n) is 9.16. The summed E-state index contributed by atoms with van der Waals surface area (Å²) < 4.78 is 7.48. The third-order valence-corrected chi connectivity index (χ3v) is 2.78. The van der Waals surface area contributed by atoms with Crippen LogP contribution in [-0.4, -0.2) is 22.4 Å². The van der Waals surface area contributed by atoms with Gasteiger partial charge in [-0.25, -0.2) is 4.79 Å². The summed E-state index contributed by atoms with van der Waals surface area (Å²) in [5, 5.41) is 4.30.